The first-order valence-electron chi connectivity index (χ1n) is 9.22. The molecule has 1 aromatic carbocycles. The van der Waals surface area contributed by atoms with Crippen LogP contribution in [0.2, 0.25) is 0 Å². The number of aryl methyl sites for hydroxylation is 1. The molecular formula is C20H20N4O3S2. The van der Waals surface area contributed by atoms with E-state index in [9.17, 15) is 13.2 Å². The van der Waals surface area contributed by atoms with Gasteiger partial charge in [0.25, 0.3) is 5.91 Å². The Morgan fingerprint density at radius 1 is 1.17 bits per heavy atom. The maximum atomic E-state index is 12.5. The smallest absolute Gasteiger partial charge is 0.268 e. The number of sulfonamides is 1. The van der Waals surface area contributed by atoms with Gasteiger partial charge in [0.15, 0.2) is 0 Å². The quantitative estimate of drug-likeness (QED) is 0.629. The number of thiophene rings is 1. The molecule has 1 aliphatic carbocycles. The molecule has 2 aromatic heterocycles. The Hall–Kier alpha value is -2.62. The van der Waals surface area contributed by atoms with Crippen LogP contribution in [0.5, 0.6) is 0 Å². The van der Waals surface area contributed by atoms with Crippen LogP contribution in [0.25, 0.3) is 0 Å². The fraction of sp³-hybridized carbons (Fsp3) is 0.250. The van der Waals surface area contributed by atoms with Crippen LogP contribution in [-0.2, 0) is 28.6 Å². The normalized spacial score (nSPS) is 16.2. The van der Waals surface area contributed by atoms with E-state index in [0.717, 1.165) is 16.8 Å². The average Bonchev–Trinajstić information content (AvgIpc) is 3.23. The highest BCUT2D eigenvalue weighted by atomic mass is 32.2. The number of aromatic nitrogens is 2. The van der Waals surface area contributed by atoms with Gasteiger partial charge in [-0.05, 0) is 41.8 Å². The van der Waals surface area contributed by atoms with E-state index in [1.165, 1.54) is 11.3 Å². The SMILES string of the molecule is O=C(Nc1ncc2c(n1)CCC(NS(=O)(=O)Cc1ccccc1)C2)c1cccs1. The lowest BCUT2D eigenvalue weighted by Crippen LogP contribution is -2.39. The molecule has 9 heteroatoms. The number of hydrogen-bond donors (Lipinski definition) is 2. The van der Waals surface area contributed by atoms with Crippen LogP contribution in [0.15, 0.2) is 54.0 Å². The maximum Gasteiger partial charge on any atom is 0.268 e. The van der Waals surface area contributed by atoms with Gasteiger partial charge in [-0.3, -0.25) is 10.1 Å². The van der Waals surface area contributed by atoms with Crippen LogP contribution in [-0.4, -0.2) is 30.3 Å². The lowest BCUT2D eigenvalue weighted by Gasteiger charge is -2.24. The van der Waals surface area contributed by atoms with Crippen LogP contribution in [0, 0.1) is 0 Å². The fourth-order valence-electron chi connectivity index (χ4n) is 3.33. The summed E-state index contributed by atoms with van der Waals surface area (Å²) in [6, 6.07) is 12.5. The Morgan fingerprint density at radius 3 is 2.76 bits per heavy atom. The number of rotatable bonds is 6. The number of carbonyl (C=O) groups is 1. The molecule has 0 fully saturated rings. The van der Waals surface area contributed by atoms with Crippen molar-refractivity contribution in [2.45, 2.75) is 31.1 Å². The van der Waals surface area contributed by atoms with E-state index < -0.39 is 10.0 Å². The number of nitrogens with one attached hydrogen (secondary N) is 2. The largest absolute Gasteiger partial charge is 0.290 e. The lowest BCUT2D eigenvalue weighted by molar-refractivity contribution is 0.102. The van der Waals surface area contributed by atoms with Gasteiger partial charge < -0.3 is 0 Å². The van der Waals surface area contributed by atoms with Gasteiger partial charge in [0.1, 0.15) is 0 Å². The Labute approximate surface area is 173 Å². The topological polar surface area (TPSA) is 101 Å². The molecule has 3 aromatic rings. The van der Waals surface area contributed by atoms with Crippen molar-refractivity contribution >= 4 is 33.2 Å². The van der Waals surface area contributed by atoms with Crippen molar-refractivity contribution in [1.82, 2.24) is 14.7 Å². The molecular weight excluding hydrogens is 408 g/mol. The predicted molar refractivity (Wildman–Crippen MR) is 112 cm³/mol. The summed E-state index contributed by atoms with van der Waals surface area (Å²) in [5.74, 6) is -0.00551. The van der Waals surface area contributed by atoms with E-state index in [-0.39, 0.29) is 23.7 Å². The highest BCUT2D eigenvalue weighted by Gasteiger charge is 2.25. The molecule has 2 N–H and O–H groups in total. The van der Waals surface area contributed by atoms with Gasteiger partial charge in [0.2, 0.25) is 16.0 Å². The van der Waals surface area contributed by atoms with Crippen molar-refractivity contribution in [2.75, 3.05) is 5.32 Å². The van der Waals surface area contributed by atoms with E-state index in [1.54, 1.807) is 24.4 Å². The van der Waals surface area contributed by atoms with E-state index in [4.69, 9.17) is 0 Å². The molecule has 1 amide bonds. The predicted octanol–water partition coefficient (Wildman–Crippen LogP) is 2.77. The number of benzene rings is 1. The number of anilines is 1. The maximum absolute atomic E-state index is 12.5. The molecule has 0 spiro atoms. The lowest BCUT2D eigenvalue weighted by atomic mass is 9.94. The van der Waals surface area contributed by atoms with Crippen molar-refractivity contribution in [3.63, 3.8) is 0 Å². The monoisotopic (exact) mass is 428 g/mol. The minimum atomic E-state index is -3.43. The van der Waals surface area contributed by atoms with Crippen molar-refractivity contribution in [3.05, 3.63) is 75.7 Å². The van der Waals surface area contributed by atoms with E-state index in [2.05, 4.69) is 20.0 Å². The number of nitrogens with zero attached hydrogens (tertiary/aromatic N) is 2. The minimum Gasteiger partial charge on any atom is -0.290 e. The van der Waals surface area contributed by atoms with E-state index in [0.29, 0.717) is 24.1 Å². The zero-order chi connectivity index (χ0) is 20.3. The first-order chi connectivity index (χ1) is 14.0. The van der Waals surface area contributed by atoms with Gasteiger partial charge >= 0.3 is 0 Å². The molecule has 7 nitrogen and oxygen atoms in total. The molecule has 0 radical (unpaired) electrons. The van der Waals surface area contributed by atoms with Crippen LogP contribution in [0.3, 0.4) is 0 Å². The summed E-state index contributed by atoms with van der Waals surface area (Å²) in [6.07, 6.45) is 3.47. The average molecular weight is 429 g/mol. The minimum absolute atomic E-state index is 0.0403. The Kier molecular flexibility index (Phi) is 5.70. The highest BCUT2D eigenvalue weighted by Crippen LogP contribution is 2.22. The molecule has 0 bridgehead atoms. The molecule has 150 valence electrons. The molecule has 4 rings (SSSR count). The van der Waals surface area contributed by atoms with Crippen molar-refractivity contribution < 1.29 is 13.2 Å². The molecule has 2 heterocycles. The van der Waals surface area contributed by atoms with Crippen LogP contribution in [0.4, 0.5) is 5.95 Å². The Morgan fingerprint density at radius 2 is 2.00 bits per heavy atom. The summed E-state index contributed by atoms with van der Waals surface area (Å²) in [6.45, 7) is 0. The fourth-order valence-corrected chi connectivity index (χ4v) is 5.37. The summed E-state index contributed by atoms with van der Waals surface area (Å²) in [7, 11) is -3.43. The third-order valence-electron chi connectivity index (χ3n) is 4.67. The van der Waals surface area contributed by atoms with Crippen LogP contribution < -0.4 is 10.0 Å². The van der Waals surface area contributed by atoms with Gasteiger partial charge in [-0.1, -0.05) is 36.4 Å². The van der Waals surface area contributed by atoms with E-state index >= 15 is 0 Å². The molecule has 0 saturated heterocycles. The van der Waals surface area contributed by atoms with Gasteiger partial charge in [0, 0.05) is 17.9 Å². The highest BCUT2D eigenvalue weighted by molar-refractivity contribution is 7.88. The number of fused-ring (bicyclic) bond motifs is 1. The van der Waals surface area contributed by atoms with Gasteiger partial charge in [-0.25, -0.2) is 23.1 Å². The molecule has 0 aliphatic heterocycles. The van der Waals surface area contributed by atoms with Gasteiger partial charge in [-0.2, -0.15) is 0 Å². The number of carbonyl (C=O) groups excluding carboxylic acids is 1. The third-order valence-corrected chi connectivity index (χ3v) is 6.94. The van der Waals surface area contributed by atoms with Gasteiger partial charge in [-0.15, -0.1) is 11.3 Å². The zero-order valence-electron chi connectivity index (χ0n) is 15.5. The number of amides is 1. The first kappa shape index (κ1) is 19.7. The van der Waals surface area contributed by atoms with Crippen molar-refractivity contribution in [1.29, 1.82) is 0 Å². The number of hydrogen-bond acceptors (Lipinski definition) is 6. The first-order valence-corrected chi connectivity index (χ1v) is 11.8. The molecule has 1 unspecified atom stereocenters. The molecule has 0 saturated carbocycles. The Bertz CT molecular complexity index is 1100. The second kappa shape index (κ2) is 8.40. The zero-order valence-corrected chi connectivity index (χ0v) is 17.2. The standard InChI is InChI=1S/C20H20N4O3S2/c25-19(18-7-4-10-28-18)23-20-21-12-15-11-16(8-9-17(15)22-20)24-29(26,27)13-14-5-2-1-3-6-14/h1-7,10,12,16,24H,8-9,11,13H2,(H,21,22,23,25). The molecule has 29 heavy (non-hydrogen) atoms. The van der Waals surface area contributed by atoms with Crippen LogP contribution in [0.1, 0.15) is 32.9 Å². The van der Waals surface area contributed by atoms with Crippen LogP contribution >= 0.6 is 11.3 Å². The van der Waals surface area contributed by atoms with Crippen molar-refractivity contribution in [2.24, 2.45) is 0 Å². The third kappa shape index (κ3) is 5.06. The summed E-state index contributed by atoms with van der Waals surface area (Å²) in [5, 5.41) is 4.54. The van der Waals surface area contributed by atoms with E-state index in [1.807, 2.05) is 29.6 Å². The molecule has 1 atom stereocenters. The summed E-state index contributed by atoms with van der Waals surface area (Å²) in [4.78, 5) is 21.4. The summed E-state index contributed by atoms with van der Waals surface area (Å²) < 4.78 is 27.8. The summed E-state index contributed by atoms with van der Waals surface area (Å²) in [5.41, 5.74) is 2.50. The molecule has 1 aliphatic rings. The van der Waals surface area contributed by atoms with Crippen molar-refractivity contribution in [3.8, 4) is 0 Å². The second-order valence-electron chi connectivity index (χ2n) is 6.90. The Balaban J connectivity index is 1.39. The summed E-state index contributed by atoms with van der Waals surface area (Å²) >= 11 is 1.35. The second-order valence-corrected chi connectivity index (χ2v) is 9.60. The van der Waals surface area contributed by atoms with Gasteiger partial charge in [0.05, 0.1) is 10.6 Å².